The molecule has 102 valence electrons. The number of ether oxygens (including phenoxy) is 1. The Kier molecular flexibility index (Phi) is 21.8. The second-order valence-electron chi connectivity index (χ2n) is 2.85. The van der Waals surface area contributed by atoms with E-state index in [9.17, 15) is 0 Å². The van der Waals surface area contributed by atoms with Crippen molar-refractivity contribution in [1.82, 2.24) is 0 Å². The minimum atomic E-state index is -1.02. The fourth-order valence-corrected chi connectivity index (χ4v) is 0.487. The molecule has 4 N–H and O–H groups in total. The van der Waals surface area contributed by atoms with Crippen molar-refractivity contribution >= 4 is 6.29 Å². The van der Waals surface area contributed by atoms with E-state index in [0.29, 0.717) is 12.9 Å². The molecule has 0 aliphatic heterocycles. The highest BCUT2D eigenvalue weighted by atomic mass is 16.5. The number of aliphatic hydroxyl groups excluding tert-OH is 2. The standard InChI is InChI=1S/C7H15NO3.C3H4O.C2H6/c1-2-3-11-6-7(8,4-9)5-10;1-2-3-4;1-2/h2,9-10H,1,3-6,8H2;2-3H,1H2;1-2H3. The van der Waals surface area contributed by atoms with Crippen LogP contribution < -0.4 is 5.73 Å². The Bertz CT molecular complexity index is 173. The van der Waals surface area contributed by atoms with E-state index in [0.717, 1.165) is 0 Å². The van der Waals surface area contributed by atoms with Crippen molar-refractivity contribution in [1.29, 1.82) is 0 Å². The van der Waals surface area contributed by atoms with Crippen LogP contribution in [0.25, 0.3) is 0 Å². The fourth-order valence-electron chi connectivity index (χ4n) is 0.487. The van der Waals surface area contributed by atoms with Crippen molar-refractivity contribution in [2.75, 3.05) is 26.4 Å². The molecule has 5 nitrogen and oxygen atoms in total. The van der Waals surface area contributed by atoms with Crippen LogP contribution >= 0.6 is 0 Å². The van der Waals surface area contributed by atoms with Crippen molar-refractivity contribution in [2.45, 2.75) is 19.4 Å². The Hall–Kier alpha value is -1.01. The summed E-state index contributed by atoms with van der Waals surface area (Å²) in [6.07, 6.45) is 3.41. The van der Waals surface area contributed by atoms with E-state index in [2.05, 4.69) is 13.2 Å². The summed E-state index contributed by atoms with van der Waals surface area (Å²) in [5, 5.41) is 17.4. The Morgan fingerprint density at radius 2 is 1.71 bits per heavy atom. The lowest BCUT2D eigenvalue weighted by atomic mass is 10.1. The van der Waals surface area contributed by atoms with Gasteiger partial charge in [-0.1, -0.05) is 26.5 Å². The maximum absolute atomic E-state index is 9.06. The van der Waals surface area contributed by atoms with Gasteiger partial charge in [-0.3, -0.25) is 4.79 Å². The van der Waals surface area contributed by atoms with Crippen molar-refractivity contribution < 1.29 is 19.7 Å². The molecule has 0 spiro atoms. The molecule has 0 aliphatic rings. The fraction of sp³-hybridized carbons (Fsp3) is 0.583. The predicted molar refractivity (Wildman–Crippen MR) is 69.7 cm³/mol. The largest absolute Gasteiger partial charge is 0.394 e. The highest BCUT2D eigenvalue weighted by Crippen LogP contribution is 1.98. The molecule has 0 atom stereocenters. The molecule has 0 aromatic heterocycles. The molecule has 0 heterocycles. The molecule has 0 aromatic carbocycles. The van der Waals surface area contributed by atoms with Gasteiger partial charge in [0.15, 0.2) is 0 Å². The lowest BCUT2D eigenvalue weighted by Gasteiger charge is -2.23. The number of aliphatic hydroxyl groups is 2. The summed E-state index contributed by atoms with van der Waals surface area (Å²) in [5.74, 6) is 0. The molecular formula is C12H25NO4. The van der Waals surface area contributed by atoms with E-state index in [1.807, 2.05) is 13.8 Å². The van der Waals surface area contributed by atoms with Gasteiger partial charge in [-0.15, -0.1) is 6.58 Å². The average molecular weight is 247 g/mol. The highest BCUT2D eigenvalue weighted by Gasteiger charge is 2.22. The molecule has 0 fully saturated rings. The van der Waals surface area contributed by atoms with Crippen molar-refractivity contribution in [2.24, 2.45) is 5.73 Å². The number of nitrogens with two attached hydrogens (primary N) is 1. The smallest absolute Gasteiger partial charge is 0.142 e. The van der Waals surface area contributed by atoms with Crippen LogP contribution in [0.3, 0.4) is 0 Å². The summed E-state index contributed by atoms with van der Waals surface area (Å²) >= 11 is 0. The summed E-state index contributed by atoms with van der Waals surface area (Å²) in [7, 11) is 0. The first kappa shape index (κ1) is 21.3. The zero-order chi connectivity index (χ0) is 14.2. The van der Waals surface area contributed by atoms with Crippen LogP contribution in [0.5, 0.6) is 0 Å². The second kappa shape index (κ2) is 17.4. The third-order valence-electron chi connectivity index (χ3n) is 1.35. The van der Waals surface area contributed by atoms with Crippen LogP contribution in [0, 0.1) is 0 Å². The summed E-state index contributed by atoms with van der Waals surface area (Å²) in [6.45, 7) is 10.5. The van der Waals surface area contributed by atoms with E-state index in [-0.39, 0.29) is 19.8 Å². The molecule has 0 amide bonds. The lowest BCUT2D eigenvalue weighted by molar-refractivity contribution is -0.104. The van der Waals surface area contributed by atoms with E-state index < -0.39 is 5.54 Å². The Balaban J connectivity index is -0.000000275. The Labute approximate surface area is 104 Å². The maximum Gasteiger partial charge on any atom is 0.142 e. The molecule has 0 radical (unpaired) electrons. The third-order valence-corrected chi connectivity index (χ3v) is 1.35. The van der Waals surface area contributed by atoms with E-state index in [4.69, 9.17) is 25.5 Å². The topological polar surface area (TPSA) is 92.8 Å². The van der Waals surface area contributed by atoms with Crippen LogP contribution in [-0.2, 0) is 9.53 Å². The van der Waals surface area contributed by atoms with Gasteiger partial charge >= 0.3 is 0 Å². The van der Waals surface area contributed by atoms with Crippen LogP contribution in [-0.4, -0.2) is 48.5 Å². The van der Waals surface area contributed by atoms with Gasteiger partial charge in [0.2, 0.25) is 0 Å². The van der Waals surface area contributed by atoms with Crippen molar-refractivity contribution in [3.63, 3.8) is 0 Å². The van der Waals surface area contributed by atoms with E-state index in [1.54, 1.807) is 6.08 Å². The minimum Gasteiger partial charge on any atom is -0.394 e. The second-order valence-corrected chi connectivity index (χ2v) is 2.85. The number of allylic oxidation sites excluding steroid dienone is 1. The van der Waals surface area contributed by atoms with Gasteiger partial charge in [-0.2, -0.15) is 0 Å². The van der Waals surface area contributed by atoms with Crippen LogP contribution in [0.15, 0.2) is 25.3 Å². The minimum absolute atomic E-state index is 0.131. The molecule has 0 bridgehead atoms. The van der Waals surface area contributed by atoms with Gasteiger partial charge in [0.25, 0.3) is 0 Å². The number of carbonyl (C=O) groups excluding carboxylic acids is 1. The maximum atomic E-state index is 9.06. The van der Waals surface area contributed by atoms with Crippen molar-refractivity contribution in [3.05, 3.63) is 25.3 Å². The summed E-state index contributed by atoms with van der Waals surface area (Å²) in [5.41, 5.74) is 4.45. The van der Waals surface area contributed by atoms with Crippen molar-refractivity contribution in [3.8, 4) is 0 Å². The highest BCUT2D eigenvalue weighted by molar-refractivity contribution is 5.63. The van der Waals surface area contributed by atoms with Gasteiger partial charge < -0.3 is 20.7 Å². The molecule has 17 heavy (non-hydrogen) atoms. The normalized spacial score (nSPS) is 9.00. The lowest BCUT2D eigenvalue weighted by Crippen LogP contribution is -2.51. The molecule has 0 aromatic rings. The molecule has 0 aliphatic carbocycles. The molecule has 0 rings (SSSR count). The first-order chi connectivity index (χ1) is 8.10. The summed E-state index contributed by atoms with van der Waals surface area (Å²) < 4.78 is 4.97. The van der Waals surface area contributed by atoms with Crippen LogP contribution in [0.2, 0.25) is 0 Å². The molecule has 0 saturated carbocycles. The first-order valence-corrected chi connectivity index (χ1v) is 5.35. The SMILES string of the molecule is C=CC=O.C=CCOCC(N)(CO)CO.CC. The van der Waals surface area contributed by atoms with Crippen LogP contribution in [0.4, 0.5) is 0 Å². The summed E-state index contributed by atoms with van der Waals surface area (Å²) in [4.78, 5) is 9.06. The summed E-state index contributed by atoms with van der Waals surface area (Å²) in [6, 6.07) is 0. The Morgan fingerprint density at radius 1 is 1.29 bits per heavy atom. The molecule has 0 unspecified atom stereocenters. The molecule has 5 heteroatoms. The number of hydrogen-bond donors (Lipinski definition) is 3. The number of carbonyl (C=O) groups is 1. The first-order valence-electron chi connectivity index (χ1n) is 5.35. The van der Waals surface area contributed by atoms with Crippen LogP contribution in [0.1, 0.15) is 13.8 Å². The third kappa shape index (κ3) is 17.6. The molecule has 0 saturated heterocycles. The zero-order valence-electron chi connectivity index (χ0n) is 10.8. The van der Waals surface area contributed by atoms with Gasteiger partial charge in [-0.25, -0.2) is 0 Å². The van der Waals surface area contributed by atoms with Gasteiger partial charge in [0, 0.05) is 0 Å². The van der Waals surface area contributed by atoms with Gasteiger partial charge in [0.1, 0.15) is 6.29 Å². The quantitative estimate of drug-likeness (QED) is 0.260. The molecular weight excluding hydrogens is 222 g/mol. The Morgan fingerprint density at radius 3 is 1.94 bits per heavy atom. The zero-order valence-corrected chi connectivity index (χ0v) is 10.8. The van der Waals surface area contributed by atoms with E-state index >= 15 is 0 Å². The van der Waals surface area contributed by atoms with E-state index in [1.165, 1.54) is 6.08 Å². The van der Waals surface area contributed by atoms with Gasteiger partial charge in [-0.05, 0) is 6.08 Å². The predicted octanol–water partition coefficient (Wildman–Crippen LogP) is 0.269. The van der Waals surface area contributed by atoms with Gasteiger partial charge in [0.05, 0.1) is 32.0 Å². The number of rotatable bonds is 7. The number of hydrogen-bond acceptors (Lipinski definition) is 5. The monoisotopic (exact) mass is 247 g/mol. The average Bonchev–Trinajstić information content (AvgIpc) is 2.41. The number of aldehydes is 1.